The minimum atomic E-state index is 0.621. The summed E-state index contributed by atoms with van der Waals surface area (Å²) in [7, 11) is 0. The molecule has 1 rings (SSSR count). The van der Waals surface area contributed by atoms with Gasteiger partial charge in [0.25, 0.3) is 0 Å². The molecule has 1 fully saturated rings. The SMILES string of the molecule is C/C=C(/C=NC1CCCCC1)CC. The Kier molecular flexibility index (Phi) is 4.81. The number of aliphatic imine (C=N–C) groups is 1. The van der Waals surface area contributed by atoms with Crippen molar-refractivity contribution in [2.75, 3.05) is 0 Å². The van der Waals surface area contributed by atoms with E-state index < -0.39 is 0 Å². The predicted molar refractivity (Wildman–Crippen MR) is 59.4 cm³/mol. The Morgan fingerprint density at radius 2 is 2.00 bits per heavy atom. The molecule has 0 saturated heterocycles. The summed E-state index contributed by atoms with van der Waals surface area (Å²) in [5.41, 5.74) is 1.37. The first kappa shape index (κ1) is 10.5. The maximum absolute atomic E-state index is 4.63. The number of hydrogen-bond acceptors (Lipinski definition) is 1. The van der Waals surface area contributed by atoms with Crippen molar-refractivity contribution in [2.24, 2.45) is 4.99 Å². The summed E-state index contributed by atoms with van der Waals surface area (Å²) in [6.45, 7) is 4.27. The lowest BCUT2D eigenvalue weighted by molar-refractivity contribution is 0.444. The Morgan fingerprint density at radius 3 is 2.54 bits per heavy atom. The highest BCUT2D eigenvalue weighted by Crippen LogP contribution is 2.20. The van der Waals surface area contributed by atoms with E-state index in [2.05, 4.69) is 31.1 Å². The van der Waals surface area contributed by atoms with Gasteiger partial charge in [0.05, 0.1) is 0 Å². The Morgan fingerprint density at radius 1 is 1.31 bits per heavy atom. The van der Waals surface area contributed by atoms with Gasteiger partial charge in [0.1, 0.15) is 0 Å². The summed E-state index contributed by atoms with van der Waals surface area (Å²) in [6.07, 6.45) is 12.1. The van der Waals surface area contributed by atoms with E-state index >= 15 is 0 Å². The average molecular weight is 179 g/mol. The molecule has 13 heavy (non-hydrogen) atoms. The van der Waals surface area contributed by atoms with Crippen molar-refractivity contribution in [3.63, 3.8) is 0 Å². The maximum Gasteiger partial charge on any atom is 0.0499 e. The van der Waals surface area contributed by atoms with Gasteiger partial charge in [-0.05, 0) is 31.8 Å². The fourth-order valence-electron chi connectivity index (χ4n) is 1.80. The lowest BCUT2D eigenvalue weighted by Crippen LogP contribution is -2.09. The van der Waals surface area contributed by atoms with Gasteiger partial charge in [-0.1, -0.05) is 32.3 Å². The molecular weight excluding hydrogens is 158 g/mol. The van der Waals surface area contributed by atoms with E-state index in [-0.39, 0.29) is 0 Å². The largest absolute Gasteiger partial charge is 0.290 e. The first-order valence-electron chi connectivity index (χ1n) is 5.55. The van der Waals surface area contributed by atoms with E-state index in [1.54, 1.807) is 0 Å². The zero-order valence-corrected chi connectivity index (χ0v) is 8.92. The Bertz CT molecular complexity index is 185. The molecule has 0 amide bonds. The van der Waals surface area contributed by atoms with Gasteiger partial charge in [-0.25, -0.2) is 0 Å². The van der Waals surface area contributed by atoms with Crippen molar-refractivity contribution in [3.8, 4) is 0 Å². The molecule has 1 aliphatic rings. The van der Waals surface area contributed by atoms with Gasteiger partial charge in [-0.3, -0.25) is 4.99 Å². The molecule has 0 atom stereocenters. The summed E-state index contributed by atoms with van der Waals surface area (Å²) < 4.78 is 0. The van der Waals surface area contributed by atoms with Gasteiger partial charge >= 0.3 is 0 Å². The van der Waals surface area contributed by atoms with Crippen LogP contribution in [0.25, 0.3) is 0 Å². The van der Waals surface area contributed by atoms with Gasteiger partial charge in [0, 0.05) is 12.3 Å². The normalized spacial score (nSPS) is 21.2. The molecular formula is C12H21N. The summed E-state index contributed by atoms with van der Waals surface area (Å²) in [6, 6.07) is 0.621. The molecule has 74 valence electrons. The third-order valence-corrected chi connectivity index (χ3v) is 2.80. The number of allylic oxidation sites excluding steroid dienone is 2. The molecule has 0 N–H and O–H groups in total. The third-order valence-electron chi connectivity index (χ3n) is 2.80. The minimum Gasteiger partial charge on any atom is -0.290 e. The Balaban J connectivity index is 2.36. The van der Waals surface area contributed by atoms with Crippen molar-refractivity contribution in [3.05, 3.63) is 11.6 Å². The molecule has 0 bridgehead atoms. The lowest BCUT2D eigenvalue weighted by atomic mass is 9.96. The van der Waals surface area contributed by atoms with Crippen LogP contribution in [0.4, 0.5) is 0 Å². The van der Waals surface area contributed by atoms with Crippen LogP contribution in [0.2, 0.25) is 0 Å². The second-order valence-electron chi connectivity index (χ2n) is 3.79. The van der Waals surface area contributed by atoms with Crippen LogP contribution in [0.15, 0.2) is 16.6 Å². The molecule has 1 nitrogen and oxygen atoms in total. The second-order valence-corrected chi connectivity index (χ2v) is 3.79. The van der Waals surface area contributed by atoms with Crippen molar-refractivity contribution >= 4 is 6.21 Å². The average Bonchev–Trinajstić information content (AvgIpc) is 2.21. The van der Waals surface area contributed by atoms with Gasteiger partial charge < -0.3 is 0 Å². The van der Waals surface area contributed by atoms with Crippen molar-refractivity contribution in [1.29, 1.82) is 0 Å². The van der Waals surface area contributed by atoms with E-state index in [1.807, 2.05) is 0 Å². The lowest BCUT2D eigenvalue weighted by Gasteiger charge is -2.17. The summed E-state index contributed by atoms with van der Waals surface area (Å²) in [5.74, 6) is 0. The summed E-state index contributed by atoms with van der Waals surface area (Å²) in [5, 5.41) is 0. The predicted octanol–water partition coefficient (Wildman–Crippen LogP) is 3.75. The molecule has 0 heterocycles. The molecule has 0 unspecified atom stereocenters. The molecule has 0 spiro atoms. The molecule has 1 saturated carbocycles. The first-order chi connectivity index (χ1) is 6.36. The molecule has 0 radical (unpaired) electrons. The monoisotopic (exact) mass is 179 g/mol. The standard InChI is InChI=1S/C12H21N/c1-3-11(4-2)10-13-12-8-6-5-7-9-12/h3,10,12H,4-9H2,1-2H3/b11-3+,13-10?. The van der Waals surface area contributed by atoms with Crippen molar-refractivity contribution < 1.29 is 0 Å². The molecule has 0 aliphatic heterocycles. The van der Waals surface area contributed by atoms with Gasteiger partial charge in [0.2, 0.25) is 0 Å². The zero-order valence-electron chi connectivity index (χ0n) is 8.92. The van der Waals surface area contributed by atoms with Crippen molar-refractivity contribution in [1.82, 2.24) is 0 Å². The Hall–Kier alpha value is -0.590. The highest BCUT2D eigenvalue weighted by Gasteiger charge is 2.10. The van der Waals surface area contributed by atoms with Crippen LogP contribution in [0.1, 0.15) is 52.4 Å². The topological polar surface area (TPSA) is 12.4 Å². The van der Waals surface area contributed by atoms with Crippen LogP contribution in [-0.2, 0) is 0 Å². The van der Waals surface area contributed by atoms with E-state index in [0.29, 0.717) is 6.04 Å². The van der Waals surface area contributed by atoms with E-state index in [0.717, 1.165) is 6.42 Å². The molecule has 0 aromatic heterocycles. The molecule has 1 heteroatoms. The molecule has 0 aromatic rings. The fourth-order valence-corrected chi connectivity index (χ4v) is 1.80. The smallest absolute Gasteiger partial charge is 0.0499 e. The quantitative estimate of drug-likeness (QED) is 0.585. The maximum atomic E-state index is 4.63. The summed E-state index contributed by atoms with van der Waals surface area (Å²) in [4.78, 5) is 4.63. The van der Waals surface area contributed by atoms with E-state index in [9.17, 15) is 0 Å². The number of hydrogen-bond donors (Lipinski definition) is 0. The van der Waals surface area contributed by atoms with Crippen molar-refractivity contribution in [2.45, 2.75) is 58.4 Å². The van der Waals surface area contributed by atoms with Crippen LogP contribution in [0.3, 0.4) is 0 Å². The van der Waals surface area contributed by atoms with Crippen LogP contribution in [0.5, 0.6) is 0 Å². The highest BCUT2D eigenvalue weighted by molar-refractivity contribution is 5.78. The molecule has 0 aromatic carbocycles. The Labute approximate surface area is 82.0 Å². The highest BCUT2D eigenvalue weighted by atomic mass is 14.8. The summed E-state index contributed by atoms with van der Waals surface area (Å²) >= 11 is 0. The first-order valence-corrected chi connectivity index (χ1v) is 5.55. The van der Waals surface area contributed by atoms with Gasteiger partial charge in [-0.2, -0.15) is 0 Å². The zero-order chi connectivity index (χ0) is 9.52. The number of nitrogens with zero attached hydrogens (tertiary/aromatic N) is 1. The third kappa shape index (κ3) is 3.75. The van der Waals surface area contributed by atoms with E-state index in [1.165, 1.54) is 37.7 Å². The van der Waals surface area contributed by atoms with Gasteiger partial charge in [0.15, 0.2) is 0 Å². The van der Waals surface area contributed by atoms with Gasteiger partial charge in [-0.15, -0.1) is 0 Å². The van der Waals surface area contributed by atoms with Crippen LogP contribution in [0, 0.1) is 0 Å². The van der Waals surface area contributed by atoms with E-state index in [4.69, 9.17) is 0 Å². The number of rotatable bonds is 3. The molecule has 1 aliphatic carbocycles. The second kappa shape index (κ2) is 5.95. The fraction of sp³-hybridized carbons (Fsp3) is 0.750. The van der Waals surface area contributed by atoms with Crippen LogP contribution >= 0.6 is 0 Å². The van der Waals surface area contributed by atoms with Crippen LogP contribution < -0.4 is 0 Å². The van der Waals surface area contributed by atoms with Crippen LogP contribution in [-0.4, -0.2) is 12.3 Å². The minimum absolute atomic E-state index is 0.621.